The van der Waals surface area contributed by atoms with E-state index in [2.05, 4.69) is 10.4 Å². The molecule has 0 atom stereocenters. The minimum Gasteiger partial charge on any atom is -0.320 e. The Morgan fingerprint density at radius 3 is 2.95 bits per heavy atom. The van der Waals surface area contributed by atoms with Gasteiger partial charge in [-0.1, -0.05) is 6.07 Å². The molecular weight excluding hydrogens is 245 g/mol. The highest BCUT2D eigenvalue weighted by Crippen LogP contribution is 2.15. The lowest BCUT2D eigenvalue weighted by atomic mass is 10.2. The maximum absolute atomic E-state index is 13.4. The molecule has 0 aliphatic rings. The van der Waals surface area contributed by atoms with Crippen LogP contribution in [0.3, 0.4) is 0 Å². The highest BCUT2D eigenvalue weighted by atomic mass is 19.1. The van der Waals surface area contributed by atoms with Gasteiger partial charge < -0.3 is 5.32 Å². The van der Waals surface area contributed by atoms with Gasteiger partial charge in [0.05, 0.1) is 11.9 Å². The van der Waals surface area contributed by atoms with Crippen LogP contribution in [0.4, 0.5) is 10.1 Å². The van der Waals surface area contributed by atoms with E-state index in [-0.39, 0.29) is 11.6 Å². The fraction of sp³-hybridized carbons (Fsp3) is 0.143. The monoisotopic (exact) mass is 259 g/mol. The zero-order valence-corrected chi connectivity index (χ0v) is 10.7. The Balaban J connectivity index is 2.05. The second-order valence-electron chi connectivity index (χ2n) is 4.25. The van der Waals surface area contributed by atoms with Crippen LogP contribution >= 0.6 is 0 Å². The highest BCUT2D eigenvalue weighted by molar-refractivity contribution is 6.02. The lowest BCUT2D eigenvalue weighted by Gasteiger charge is -2.04. The molecule has 2 aromatic rings. The molecule has 1 aromatic carbocycles. The van der Waals surface area contributed by atoms with Gasteiger partial charge in [-0.2, -0.15) is 5.10 Å². The topological polar surface area (TPSA) is 46.9 Å². The van der Waals surface area contributed by atoms with Gasteiger partial charge in [0, 0.05) is 24.9 Å². The number of nitrogens with zero attached hydrogens (tertiary/aromatic N) is 2. The summed E-state index contributed by atoms with van der Waals surface area (Å²) >= 11 is 0. The molecule has 0 aliphatic carbocycles. The van der Waals surface area contributed by atoms with Crippen molar-refractivity contribution in [2.24, 2.45) is 7.05 Å². The van der Waals surface area contributed by atoms with Gasteiger partial charge in [-0.25, -0.2) is 4.39 Å². The number of aromatic nitrogens is 2. The number of rotatable bonds is 3. The van der Waals surface area contributed by atoms with Crippen molar-refractivity contribution >= 4 is 17.7 Å². The zero-order chi connectivity index (χ0) is 13.8. The second-order valence-corrected chi connectivity index (χ2v) is 4.25. The van der Waals surface area contributed by atoms with Crippen molar-refractivity contribution in [1.29, 1.82) is 0 Å². The van der Waals surface area contributed by atoms with E-state index >= 15 is 0 Å². The number of benzene rings is 1. The van der Waals surface area contributed by atoms with E-state index in [1.807, 2.05) is 6.92 Å². The molecule has 1 aromatic heterocycles. The number of nitrogens with one attached hydrogen (secondary N) is 1. The summed E-state index contributed by atoms with van der Waals surface area (Å²) in [5.74, 6) is -0.831. The summed E-state index contributed by atoms with van der Waals surface area (Å²) in [7, 11) is 1.79. The van der Waals surface area contributed by atoms with E-state index in [4.69, 9.17) is 0 Å². The summed E-state index contributed by atoms with van der Waals surface area (Å²) in [5, 5.41) is 6.48. The standard InChI is InChI=1S/C14H14FN3O/c1-10-3-5-12(15)13(7-10)17-14(19)6-4-11-8-16-18(2)9-11/h3-9H,1-2H3,(H,17,19)/b6-4+. The van der Waals surface area contributed by atoms with Crippen molar-refractivity contribution in [2.75, 3.05) is 5.32 Å². The number of amides is 1. The summed E-state index contributed by atoms with van der Waals surface area (Å²) < 4.78 is 15.1. The first kappa shape index (κ1) is 13.0. The fourth-order valence-electron chi connectivity index (χ4n) is 1.61. The van der Waals surface area contributed by atoms with Gasteiger partial charge in [0.1, 0.15) is 5.82 Å². The van der Waals surface area contributed by atoms with E-state index in [1.54, 1.807) is 42.3 Å². The average molecular weight is 259 g/mol. The molecule has 0 fully saturated rings. The van der Waals surface area contributed by atoms with Crippen molar-refractivity contribution < 1.29 is 9.18 Å². The van der Waals surface area contributed by atoms with Crippen LogP contribution in [0.1, 0.15) is 11.1 Å². The summed E-state index contributed by atoms with van der Waals surface area (Å²) in [6.45, 7) is 1.83. The average Bonchev–Trinajstić information content (AvgIpc) is 2.77. The maximum Gasteiger partial charge on any atom is 0.248 e. The van der Waals surface area contributed by atoms with E-state index in [9.17, 15) is 9.18 Å². The zero-order valence-electron chi connectivity index (χ0n) is 10.7. The Morgan fingerprint density at radius 1 is 1.47 bits per heavy atom. The molecule has 2 rings (SSSR count). The Hall–Kier alpha value is -2.43. The Bertz CT molecular complexity index is 631. The van der Waals surface area contributed by atoms with Crippen molar-refractivity contribution in [3.05, 3.63) is 53.6 Å². The highest BCUT2D eigenvalue weighted by Gasteiger charge is 2.04. The van der Waals surface area contributed by atoms with Gasteiger partial charge in [0.2, 0.25) is 5.91 Å². The molecule has 0 radical (unpaired) electrons. The number of halogens is 1. The Labute approximate surface area is 110 Å². The van der Waals surface area contributed by atoms with Gasteiger partial charge in [0.25, 0.3) is 0 Å². The van der Waals surface area contributed by atoms with Gasteiger partial charge in [-0.15, -0.1) is 0 Å². The molecule has 0 bridgehead atoms. The maximum atomic E-state index is 13.4. The third-order valence-electron chi connectivity index (χ3n) is 2.53. The number of carbonyl (C=O) groups excluding carboxylic acids is 1. The molecule has 0 aliphatic heterocycles. The van der Waals surface area contributed by atoms with Crippen LogP contribution in [0.25, 0.3) is 6.08 Å². The SMILES string of the molecule is Cc1ccc(F)c(NC(=O)/C=C/c2cnn(C)c2)c1. The molecule has 0 saturated heterocycles. The molecule has 19 heavy (non-hydrogen) atoms. The summed E-state index contributed by atoms with van der Waals surface area (Å²) in [4.78, 5) is 11.7. The molecule has 0 unspecified atom stereocenters. The molecule has 1 heterocycles. The van der Waals surface area contributed by atoms with Gasteiger partial charge >= 0.3 is 0 Å². The Kier molecular flexibility index (Phi) is 3.75. The lowest BCUT2D eigenvalue weighted by molar-refractivity contribution is -0.111. The fourth-order valence-corrected chi connectivity index (χ4v) is 1.61. The van der Waals surface area contributed by atoms with Gasteiger partial charge in [-0.3, -0.25) is 9.48 Å². The molecular formula is C14H14FN3O. The molecule has 5 heteroatoms. The van der Waals surface area contributed by atoms with E-state index in [1.165, 1.54) is 12.1 Å². The number of hydrogen-bond acceptors (Lipinski definition) is 2. The minimum atomic E-state index is -0.450. The first-order valence-corrected chi connectivity index (χ1v) is 5.78. The van der Waals surface area contributed by atoms with Crippen molar-refractivity contribution in [1.82, 2.24) is 9.78 Å². The largest absolute Gasteiger partial charge is 0.320 e. The summed E-state index contributed by atoms with van der Waals surface area (Å²) in [6.07, 6.45) is 6.38. The van der Waals surface area contributed by atoms with Crippen LogP contribution in [-0.2, 0) is 11.8 Å². The Morgan fingerprint density at radius 2 is 2.26 bits per heavy atom. The summed E-state index contributed by atoms with van der Waals surface area (Å²) in [5.41, 5.74) is 1.87. The molecule has 0 saturated carbocycles. The van der Waals surface area contributed by atoms with Crippen molar-refractivity contribution in [3.63, 3.8) is 0 Å². The quantitative estimate of drug-likeness (QED) is 0.861. The predicted octanol–water partition coefficient (Wildman–Crippen LogP) is 2.52. The van der Waals surface area contributed by atoms with Crippen LogP contribution in [0.2, 0.25) is 0 Å². The van der Waals surface area contributed by atoms with Crippen molar-refractivity contribution in [2.45, 2.75) is 6.92 Å². The predicted molar refractivity (Wildman–Crippen MR) is 72.0 cm³/mol. The van der Waals surface area contributed by atoms with Crippen LogP contribution in [0.5, 0.6) is 0 Å². The second kappa shape index (κ2) is 5.48. The number of carbonyl (C=O) groups is 1. The van der Waals surface area contributed by atoms with Crippen molar-refractivity contribution in [3.8, 4) is 0 Å². The lowest BCUT2D eigenvalue weighted by Crippen LogP contribution is -2.09. The van der Waals surface area contributed by atoms with Gasteiger partial charge in [-0.05, 0) is 30.7 Å². The molecule has 4 nitrogen and oxygen atoms in total. The van der Waals surface area contributed by atoms with E-state index in [0.717, 1.165) is 11.1 Å². The third-order valence-corrected chi connectivity index (χ3v) is 2.53. The van der Waals surface area contributed by atoms with Crippen LogP contribution in [-0.4, -0.2) is 15.7 Å². The third kappa shape index (κ3) is 3.51. The van der Waals surface area contributed by atoms with E-state index < -0.39 is 5.82 Å². The normalized spacial score (nSPS) is 10.9. The molecule has 1 N–H and O–H groups in total. The van der Waals surface area contributed by atoms with Gasteiger partial charge in [0.15, 0.2) is 0 Å². The minimum absolute atomic E-state index is 0.181. The molecule has 98 valence electrons. The number of aryl methyl sites for hydroxylation is 2. The van der Waals surface area contributed by atoms with Crippen LogP contribution in [0, 0.1) is 12.7 Å². The smallest absolute Gasteiger partial charge is 0.248 e. The first-order chi connectivity index (χ1) is 9.04. The summed E-state index contributed by atoms with van der Waals surface area (Å²) in [6, 6.07) is 4.57. The van der Waals surface area contributed by atoms with Crippen LogP contribution < -0.4 is 5.32 Å². The molecule has 1 amide bonds. The first-order valence-electron chi connectivity index (χ1n) is 5.78. The molecule has 0 spiro atoms. The van der Waals surface area contributed by atoms with Crippen LogP contribution in [0.15, 0.2) is 36.7 Å². The number of hydrogen-bond donors (Lipinski definition) is 1. The number of anilines is 1. The van der Waals surface area contributed by atoms with E-state index in [0.29, 0.717) is 0 Å².